The van der Waals surface area contributed by atoms with Crippen LogP contribution >= 0.6 is 0 Å². The minimum atomic E-state index is -3.70. The molecule has 29 heavy (non-hydrogen) atoms. The first-order chi connectivity index (χ1) is 14.0. The number of carbonyl (C=O) groups excluding carboxylic acids is 1. The smallest absolute Gasteiger partial charge is 0.255 e. The molecule has 0 atom stereocenters. The summed E-state index contributed by atoms with van der Waals surface area (Å²) in [7, 11) is -3.70. The van der Waals surface area contributed by atoms with Crippen molar-refractivity contribution in [2.24, 2.45) is 0 Å². The van der Waals surface area contributed by atoms with Gasteiger partial charge < -0.3 is 10.2 Å². The minimum absolute atomic E-state index is 0.171. The third-order valence-electron chi connectivity index (χ3n) is 5.15. The monoisotopic (exact) mass is 415 g/mol. The Morgan fingerprint density at radius 1 is 1.07 bits per heavy atom. The van der Waals surface area contributed by atoms with Gasteiger partial charge in [-0.15, -0.1) is 0 Å². The van der Waals surface area contributed by atoms with E-state index in [-0.39, 0.29) is 10.8 Å². The second kappa shape index (κ2) is 9.41. The zero-order chi connectivity index (χ0) is 20.9. The number of carbonyl (C=O) groups is 1. The number of nitrogens with one attached hydrogen (secondary N) is 2. The van der Waals surface area contributed by atoms with Crippen LogP contribution in [0, 0.1) is 0 Å². The summed E-state index contributed by atoms with van der Waals surface area (Å²) >= 11 is 0. The van der Waals surface area contributed by atoms with E-state index < -0.39 is 10.0 Å². The lowest BCUT2D eigenvalue weighted by molar-refractivity contribution is 0.102. The lowest BCUT2D eigenvalue weighted by Crippen LogP contribution is -2.28. The molecule has 1 heterocycles. The van der Waals surface area contributed by atoms with Crippen molar-refractivity contribution in [1.29, 1.82) is 0 Å². The normalized spacial score (nSPS) is 14.2. The zero-order valence-corrected chi connectivity index (χ0v) is 17.9. The second-order valence-electron chi connectivity index (χ2n) is 7.24. The SMILES string of the molecule is CCCNS(=O)(=O)c1cc(C(=O)Nc2ccccc2CC)ccc1N1CCCC1. The highest BCUT2D eigenvalue weighted by molar-refractivity contribution is 7.89. The number of sulfonamides is 1. The predicted octanol–water partition coefficient (Wildman–Crippen LogP) is 3.79. The highest BCUT2D eigenvalue weighted by Crippen LogP contribution is 2.30. The molecule has 1 fully saturated rings. The van der Waals surface area contributed by atoms with E-state index in [1.165, 1.54) is 6.07 Å². The van der Waals surface area contributed by atoms with E-state index in [0.29, 0.717) is 24.2 Å². The van der Waals surface area contributed by atoms with Crippen LogP contribution in [0.1, 0.15) is 49.0 Å². The van der Waals surface area contributed by atoms with Gasteiger partial charge in [-0.2, -0.15) is 0 Å². The van der Waals surface area contributed by atoms with Gasteiger partial charge in [-0.1, -0.05) is 32.0 Å². The fraction of sp³-hybridized carbons (Fsp3) is 0.409. The standard InChI is InChI=1S/C22H29N3O3S/c1-3-13-23-29(27,28)21-16-18(11-12-20(21)25-14-7-8-15-25)22(26)24-19-10-6-5-9-17(19)4-2/h5-6,9-12,16,23H,3-4,7-8,13-15H2,1-2H3,(H,24,26). The molecular formula is C22H29N3O3S. The molecule has 0 aromatic heterocycles. The minimum Gasteiger partial charge on any atom is -0.370 e. The van der Waals surface area contributed by atoms with E-state index in [2.05, 4.69) is 14.9 Å². The molecule has 7 heteroatoms. The fourth-order valence-electron chi connectivity index (χ4n) is 3.55. The van der Waals surface area contributed by atoms with Gasteiger partial charge in [0.1, 0.15) is 4.90 Å². The summed E-state index contributed by atoms with van der Waals surface area (Å²) in [6.07, 6.45) is 3.58. The molecule has 0 unspecified atom stereocenters. The number of hydrogen-bond acceptors (Lipinski definition) is 4. The Morgan fingerprint density at radius 2 is 1.79 bits per heavy atom. The lowest BCUT2D eigenvalue weighted by atomic mass is 10.1. The van der Waals surface area contributed by atoms with Crippen molar-refractivity contribution in [3.8, 4) is 0 Å². The van der Waals surface area contributed by atoms with E-state index in [0.717, 1.165) is 43.6 Å². The molecule has 0 spiro atoms. The van der Waals surface area contributed by atoms with Gasteiger partial charge in [0, 0.05) is 30.9 Å². The highest BCUT2D eigenvalue weighted by Gasteiger charge is 2.25. The molecule has 1 saturated heterocycles. The average molecular weight is 416 g/mol. The maximum Gasteiger partial charge on any atom is 0.255 e. The van der Waals surface area contributed by atoms with Gasteiger partial charge in [0.25, 0.3) is 5.91 Å². The molecule has 2 aromatic carbocycles. The number of benzene rings is 2. The van der Waals surface area contributed by atoms with Crippen LogP contribution in [0.15, 0.2) is 47.4 Å². The molecule has 0 saturated carbocycles. The Hall–Kier alpha value is -2.38. The Labute approximate surface area is 173 Å². The maximum atomic E-state index is 12.9. The van der Waals surface area contributed by atoms with Gasteiger partial charge >= 0.3 is 0 Å². The first kappa shape index (κ1) is 21.3. The van der Waals surface area contributed by atoms with Gasteiger partial charge in [-0.3, -0.25) is 4.79 Å². The Bertz CT molecular complexity index is 967. The Balaban J connectivity index is 1.95. The molecule has 1 aliphatic heterocycles. The first-order valence-corrected chi connectivity index (χ1v) is 11.7. The largest absolute Gasteiger partial charge is 0.370 e. The Morgan fingerprint density at radius 3 is 2.48 bits per heavy atom. The van der Waals surface area contributed by atoms with Crippen molar-refractivity contribution in [3.05, 3.63) is 53.6 Å². The van der Waals surface area contributed by atoms with Crippen molar-refractivity contribution < 1.29 is 13.2 Å². The highest BCUT2D eigenvalue weighted by atomic mass is 32.2. The molecular weight excluding hydrogens is 386 g/mol. The second-order valence-corrected chi connectivity index (χ2v) is 8.97. The summed E-state index contributed by atoms with van der Waals surface area (Å²) in [5, 5.41) is 2.92. The molecule has 1 amide bonds. The van der Waals surface area contributed by atoms with Crippen molar-refractivity contribution in [2.75, 3.05) is 29.9 Å². The van der Waals surface area contributed by atoms with Crippen LogP contribution in [0.4, 0.5) is 11.4 Å². The van der Waals surface area contributed by atoms with E-state index >= 15 is 0 Å². The van der Waals surface area contributed by atoms with Crippen LogP contribution in [0.3, 0.4) is 0 Å². The summed E-state index contributed by atoms with van der Waals surface area (Å²) in [4.78, 5) is 15.1. The first-order valence-electron chi connectivity index (χ1n) is 10.2. The summed E-state index contributed by atoms with van der Waals surface area (Å²) in [6.45, 7) is 5.96. The van der Waals surface area contributed by atoms with E-state index in [9.17, 15) is 13.2 Å². The summed E-state index contributed by atoms with van der Waals surface area (Å²) in [5.74, 6) is -0.314. The molecule has 0 bridgehead atoms. The molecule has 0 radical (unpaired) electrons. The quantitative estimate of drug-likeness (QED) is 0.688. The van der Waals surface area contributed by atoms with E-state index in [1.807, 2.05) is 38.1 Å². The van der Waals surface area contributed by atoms with Crippen molar-refractivity contribution in [1.82, 2.24) is 4.72 Å². The molecule has 2 N–H and O–H groups in total. The average Bonchev–Trinajstić information content (AvgIpc) is 3.27. The van der Waals surface area contributed by atoms with Crippen LogP contribution in [0.2, 0.25) is 0 Å². The predicted molar refractivity (Wildman–Crippen MR) is 117 cm³/mol. The fourth-order valence-corrected chi connectivity index (χ4v) is 4.93. The molecule has 1 aliphatic rings. The number of para-hydroxylation sites is 1. The molecule has 156 valence electrons. The van der Waals surface area contributed by atoms with Gasteiger partial charge in [-0.25, -0.2) is 13.1 Å². The third kappa shape index (κ3) is 4.97. The number of amides is 1. The van der Waals surface area contributed by atoms with Crippen LogP contribution in [0.25, 0.3) is 0 Å². The van der Waals surface area contributed by atoms with E-state index in [4.69, 9.17) is 0 Å². The molecule has 6 nitrogen and oxygen atoms in total. The zero-order valence-electron chi connectivity index (χ0n) is 17.1. The summed E-state index contributed by atoms with van der Waals surface area (Å²) in [6, 6.07) is 12.6. The molecule has 0 aliphatic carbocycles. The Kier molecular flexibility index (Phi) is 6.92. The van der Waals surface area contributed by atoms with Crippen LogP contribution in [-0.4, -0.2) is 34.0 Å². The van der Waals surface area contributed by atoms with Gasteiger partial charge in [0.05, 0.1) is 5.69 Å². The van der Waals surface area contributed by atoms with Crippen LogP contribution < -0.4 is 14.9 Å². The van der Waals surface area contributed by atoms with Gasteiger partial charge in [-0.05, 0) is 55.5 Å². The van der Waals surface area contributed by atoms with E-state index in [1.54, 1.807) is 12.1 Å². The van der Waals surface area contributed by atoms with Crippen molar-refractivity contribution in [3.63, 3.8) is 0 Å². The van der Waals surface area contributed by atoms with Crippen LogP contribution in [-0.2, 0) is 16.4 Å². The van der Waals surface area contributed by atoms with Crippen molar-refractivity contribution >= 4 is 27.3 Å². The number of hydrogen-bond donors (Lipinski definition) is 2. The lowest BCUT2D eigenvalue weighted by Gasteiger charge is -2.22. The summed E-state index contributed by atoms with van der Waals surface area (Å²) in [5.41, 5.74) is 2.77. The topological polar surface area (TPSA) is 78.5 Å². The van der Waals surface area contributed by atoms with Crippen LogP contribution in [0.5, 0.6) is 0 Å². The van der Waals surface area contributed by atoms with Gasteiger partial charge in [0.2, 0.25) is 10.0 Å². The molecule has 2 aromatic rings. The number of aryl methyl sites for hydroxylation is 1. The number of anilines is 2. The van der Waals surface area contributed by atoms with Gasteiger partial charge in [0.15, 0.2) is 0 Å². The molecule has 3 rings (SSSR count). The third-order valence-corrected chi connectivity index (χ3v) is 6.64. The number of nitrogens with zero attached hydrogens (tertiary/aromatic N) is 1. The van der Waals surface area contributed by atoms with Crippen molar-refractivity contribution in [2.45, 2.75) is 44.4 Å². The summed E-state index contributed by atoms with van der Waals surface area (Å²) < 4.78 is 28.5. The maximum absolute atomic E-state index is 12.9. The number of rotatable bonds is 8.